The first-order valence-corrected chi connectivity index (χ1v) is 11.3. The first-order valence-electron chi connectivity index (χ1n) is 8.71. The van der Waals surface area contributed by atoms with E-state index in [2.05, 4.69) is 15.5 Å². The van der Waals surface area contributed by atoms with E-state index >= 15 is 0 Å². The van der Waals surface area contributed by atoms with Crippen molar-refractivity contribution in [3.63, 3.8) is 0 Å². The summed E-state index contributed by atoms with van der Waals surface area (Å²) < 4.78 is 2.45. The maximum absolute atomic E-state index is 12.4. The van der Waals surface area contributed by atoms with Crippen molar-refractivity contribution in [3.8, 4) is 5.69 Å². The Labute approximate surface area is 186 Å². The number of thioether (sulfide) groups is 1. The fourth-order valence-electron chi connectivity index (χ4n) is 2.55. The van der Waals surface area contributed by atoms with E-state index in [4.69, 9.17) is 23.2 Å². The molecular weight excluding hydrogens is 451 g/mol. The molecule has 0 fully saturated rings. The number of amides is 1. The summed E-state index contributed by atoms with van der Waals surface area (Å²) in [7, 11) is 0. The van der Waals surface area contributed by atoms with E-state index in [0.29, 0.717) is 38.2 Å². The Kier molecular flexibility index (Phi) is 7.34. The minimum absolute atomic E-state index is 0.0248. The zero-order chi connectivity index (χ0) is 21.0. The summed E-state index contributed by atoms with van der Waals surface area (Å²) >= 11 is 14.8. The van der Waals surface area contributed by atoms with Crippen LogP contribution in [0.3, 0.4) is 0 Å². The van der Waals surface area contributed by atoms with Gasteiger partial charge in [0, 0.05) is 24.9 Å². The summed E-state index contributed by atoms with van der Waals surface area (Å²) in [5.41, 5.74) is 1.76. The van der Waals surface area contributed by atoms with E-state index in [9.17, 15) is 9.59 Å². The number of aromatic nitrogens is 3. The molecule has 0 saturated heterocycles. The van der Waals surface area contributed by atoms with Crippen LogP contribution in [0.4, 0.5) is 0 Å². The van der Waals surface area contributed by atoms with Gasteiger partial charge in [0.1, 0.15) is 5.82 Å². The maximum atomic E-state index is 12.4. The summed E-state index contributed by atoms with van der Waals surface area (Å²) in [5, 5.41) is 12.5. The molecule has 0 radical (unpaired) electrons. The van der Waals surface area contributed by atoms with Gasteiger partial charge in [-0.15, -0.1) is 21.5 Å². The summed E-state index contributed by atoms with van der Waals surface area (Å²) in [6, 6.07) is 9.12. The number of rotatable bonds is 8. The zero-order valence-corrected chi connectivity index (χ0v) is 18.9. The quantitative estimate of drug-likeness (QED) is 0.386. The third kappa shape index (κ3) is 5.60. The molecule has 0 aliphatic heterocycles. The molecule has 152 valence electrons. The normalized spacial score (nSPS) is 10.9. The van der Waals surface area contributed by atoms with Crippen molar-refractivity contribution >= 4 is 58.0 Å². The van der Waals surface area contributed by atoms with E-state index in [0.717, 1.165) is 11.3 Å². The predicted octanol–water partition coefficient (Wildman–Crippen LogP) is 4.60. The molecule has 0 atom stereocenters. The van der Waals surface area contributed by atoms with Gasteiger partial charge >= 0.3 is 0 Å². The van der Waals surface area contributed by atoms with Crippen LogP contribution in [0.2, 0.25) is 9.36 Å². The average Bonchev–Trinajstić information content (AvgIpc) is 3.28. The van der Waals surface area contributed by atoms with Crippen molar-refractivity contribution in [1.82, 2.24) is 20.1 Å². The summed E-state index contributed by atoms with van der Waals surface area (Å²) in [4.78, 5) is 24.2. The second-order valence-corrected chi connectivity index (χ2v) is 9.28. The lowest BCUT2D eigenvalue weighted by Crippen LogP contribution is -2.23. The van der Waals surface area contributed by atoms with E-state index < -0.39 is 0 Å². The summed E-state index contributed by atoms with van der Waals surface area (Å²) in [6.45, 7) is 3.83. The first kappa shape index (κ1) is 21.8. The lowest BCUT2D eigenvalue weighted by molar-refractivity contribution is -0.118. The van der Waals surface area contributed by atoms with E-state index in [1.54, 1.807) is 12.1 Å². The van der Waals surface area contributed by atoms with Gasteiger partial charge in [-0.2, -0.15) is 0 Å². The van der Waals surface area contributed by atoms with Gasteiger partial charge in [0.05, 0.1) is 20.7 Å². The SMILES string of the molecule is CC(=O)NCCc1nnc(SCC(=O)c2ccc(Cl)s2)n1-c1ccc(C)c(Cl)c1. The molecule has 6 nitrogen and oxygen atoms in total. The van der Waals surface area contributed by atoms with Gasteiger partial charge in [-0.1, -0.05) is 41.0 Å². The molecule has 2 heterocycles. The number of nitrogens with zero attached hydrogens (tertiary/aromatic N) is 3. The Morgan fingerprint density at radius 3 is 2.66 bits per heavy atom. The van der Waals surface area contributed by atoms with Gasteiger partial charge in [0.2, 0.25) is 5.91 Å². The predicted molar refractivity (Wildman–Crippen MR) is 118 cm³/mol. The molecule has 1 N–H and O–H groups in total. The number of carbonyl (C=O) groups excluding carboxylic acids is 2. The number of hydrogen-bond acceptors (Lipinski definition) is 6. The second-order valence-electron chi connectivity index (χ2n) is 6.22. The number of Topliss-reactive ketones (excluding diaryl/α,β-unsaturated/α-hetero) is 1. The van der Waals surface area contributed by atoms with Gasteiger partial charge in [-0.05, 0) is 36.8 Å². The fraction of sp³-hybridized carbons (Fsp3) is 0.263. The molecular formula is C19H18Cl2N4O2S2. The lowest BCUT2D eigenvalue weighted by Gasteiger charge is -2.11. The molecule has 3 rings (SSSR count). The molecule has 0 unspecified atom stereocenters. The highest BCUT2D eigenvalue weighted by molar-refractivity contribution is 7.99. The van der Waals surface area contributed by atoms with Crippen LogP contribution in [-0.4, -0.2) is 38.8 Å². The highest BCUT2D eigenvalue weighted by atomic mass is 35.5. The summed E-state index contributed by atoms with van der Waals surface area (Å²) in [6.07, 6.45) is 0.493. The van der Waals surface area contributed by atoms with E-state index in [1.807, 2.05) is 29.7 Å². The van der Waals surface area contributed by atoms with Crippen molar-refractivity contribution in [2.45, 2.75) is 25.4 Å². The Bertz CT molecular complexity index is 1050. The van der Waals surface area contributed by atoms with Gasteiger partial charge in [0.25, 0.3) is 0 Å². The van der Waals surface area contributed by atoms with Crippen molar-refractivity contribution in [1.29, 1.82) is 0 Å². The van der Waals surface area contributed by atoms with Crippen molar-refractivity contribution < 1.29 is 9.59 Å². The summed E-state index contributed by atoms with van der Waals surface area (Å²) in [5.74, 6) is 0.750. The van der Waals surface area contributed by atoms with Crippen LogP contribution in [-0.2, 0) is 11.2 Å². The number of thiophene rings is 1. The van der Waals surface area contributed by atoms with Crippen molar-refractivity contribution in [2.75, 3.05) is 12.3 Å². The van der Waals surface area contributed by atoms with Crippen molar-refractivity contribution in [2.24, 2.45) is 0 Å². The first-order chi connectivity index (χ1) is 13.8. The standard InChI is InChI=1S/C19H18Cl2N4O2S2/c1-11-3-4-13(9-14(11)20)25-18(7-8-22-12(2)26)23-24-19(25)28-10-15(27)16-5-6-17(21)29-16/h3-6,9H,7-8,10H2,1-2H3,(H,22,26). The highest BCUT2D eigenvalue weighted by Gasteiger charge is 2.18. The maximum Gasteiger partial charge on any atom is 0.216 e. The lowest BCUT2D eigenvalue weighted by atomic mass is 10.2. The molecule has 0 aliphatic carbocycles. The van der Waals surface area contributed by atoms with Gasteiger partial charge in [0.15, 0.2) is 10.9 Å². The topological polar surface area (TPSA) is 76.9 Å². The minimum atomic E-state index is -0.107. The molecule has 0 saturated carbocycles. The van der Waals surface area contributed by atoms with Crippen LogP contribution < -0.4 is 5.32 Å². The molecule has 10 heteroatoms. The molecule has 29 heavy (non-hydrogen) atoms. The fourth-order valence-corrected chi connectivity index (χ4v) is 4.65. The van der Waals surface area contributed by atoms with Crippen LogP contribution in [0.5, 0.6) is 0 Å². The second kappa shape index (κ2) is 9.75. The molecule has 1 amide bonds. The number of halogens is 2. The Balaban J connectivity index is 1.85. The molecule has 0 spiro atoms. The molecule has 1 aromatic carbocycles. The van der Waals surface area contributed by atoms with Gasteiger partial charge in [-0.3, -0.25) is 14.2 Å². The average molecular weight is 469 g/mol. The monoisotopic (exact) mass is 468 g/mol. The van der Waals surface area contributed by atoms with Crippen LogP contribution in [0.15, 0.2) is 35.5 Å². The number of aryl methyl sites for hydroxylation is 1. The number of hydrogen-bond donors (Lipinski definition) is 1. The number of carbonyl (C=O) groups is 2. The van der Waals surface area contributed by atoms with Crippen molar-refractivity contribution in [3.05, 3.63) is 56.0 Å². The van der Waals surface area contributed by atoms with E-state index in [-0.39, 0.29) is 17.4 Å². The molecule has 2 aromatic heterocycles. The van der Waals surface area contributed by atoms with Gasteiger partial charge in [-0.25, -0.2) is 0 Å². The third-order valence-electron chi connectivity index (χ3n) is 4.02. The number of nitrogens with one attached hydrogen (secondary N) is 1. The van der Waals surface area contributed by atoms with Crippen LogP contribution in [0.25, 0.3) is 5.69 Å². The van der Waals surface area contributed by atoms with Crippen LogP contribution in [0.1, 0.15) is 28.0 Å². The Morgan fingerprint density at radius 1 is 1.21 bits per heavy atom. The Morgan fingerprint density at radius 2 is 2.00 bits per heavy atom. The smallest absolute Gasteiger partial charge is 0.216 e. The largest absolute Gasteiger partial charge is 0.356 e. The minimum Gasteiger partial charge on any atom is -0.356 e. The highest BCUT2D eigenvalue weighted by Crippen LogP contribution is 2.28. The van der Waals surface area contributed by atoms with E-state index in [1.165, 1.54) is 30.0 Å². The van der Waals surface area contributed by atoms with Gasteiger partial charge < -0.3 is 5.32 Å². The Hall–Kier alpha value is -1.87. The third-order valence-corrected chi connectivity index (χ3v) is 6.63. The molecule has 0 aliphatic rings. The number of ketones is 1. The zero-order valence-electron chi connectivity index (χ0n) is 15.7. The molecule has 3 aromatic rings. The van der Waals surface area contributed by atoms with Crippen LogP contribution >= 0.6 is 46.3 Å². The number of benzene rings is 1. The van der Waals surface area contributed by atoms with Crippen LogP contribution in [0, 0.1) is 6.92 Å². The molecule has 0 bridgehead atoms.